The van der Waals surface area contributed by atoms with Gasteiger partial charge in [-0.25, -0.2) is 0 Å². The summed E-state index contributed by atoms with van der Waals surface area (Å²) in [5.74, 6) is 0. The highest BCUT2D eigenvalue weighted by Gasteiger charge is 2.32. The van der Waals surface area contributed by atoms with Gasteiger partial charge in [-0.15, -0.1) is 0 Å². The first kappa shape index (κ1) is 14.5. The van der Waals surface area contributed by atoms with Gasteiger partial charge in [-0.05, 0) is 38.3 Å². The zero-order chi connectivity index (χ0) is 11.9. The fraction of sp³-hybridized carbons (Fsp3) is 0.600. The van der Waals surface area contributed by atoms with Crippen LogP contribution in [0.25, 0.3) is 0 Å². The molecule has 0 amide bonds. The van der Waals surface area contributed by atoms with Crippen LogP contribution in [0.4, 0.5) is 0 Å². The minimum atomic E-state index is -1.86. The standard InChI is InChI=1S/C10H22O3Si2/c1-14(2,3)13-15(4,9-5-7-11)10-6-8-12/h5-8,11-12H,9-10H2,1-4H3. The van der Waals surface area contributed by atoms with Crippen molar-refractivity contribution in [2.45, 2.75) is 38.3 Å². The Morgan fingerprint density at radius 1 is 0.933 bits per heavy atom. The predicted octanol–water partition coefficient (Wildman–Crippen LogP) is 3.56. The average Bonchev–Trinajstić information content (AvgIpc) is 2.09. The van der Waals surface area contributed by atoms with Crippen LogP contribution in [-0.4, -0.2) is 26.8 Å². The average molecular weight is 246 g/mol. The maximum absolute atomic E-state index is 8.68. The number of rotatable bonds is 6. The van der Waals surface area contributed by atoms with E-state index in [0.717, 1.165) is 24.6 Å². The largest absolute Gasteiger partial charge is 0.516 e. The van der Waals surface area contributed by atoms with E-state index in [1.165, 1.54) is 0 Å². The lowest BCUT2D eigenvalue weighted by atomic mass is 10.7. The zero-order valence-corrected chi connectivity index (χ0v) is 12.0. The lowest BCUT2D eigenvalue weighted by Crippen LogP contribution is -2.43. The van der Waals surface area contributed by atoms with Crippen molar-refractivity contribution in [3.8, 4) is 0 Å². The molecule has 0 aromatic heterocycles. The predicted molar refractivity (Wildman–Crippen MR) is 69.2 cm³/mol. The van der Waals surface area contributed by atoms with Gasteiger partial charge in [0, 0.05) is 0 Å². The Morgan fingerprint density at radius 3 is 1.60 bits per heavy atom. The topological polar surface area (TPSA) is 49.7 Å². The van der Waals surface area contributed by atoms with Gasteiger partial charge in [0.15, 0.2) is 16.6 Å². The molecule has 0 radical (unpaired) electrons. The Balaban J connectivity index is 4.53. The number of allylic oxidation sites excluding steroid dienone is 2. The molecule has 0 atom stereocenters. The number of hydrogen-bond acceptors (Lipinski definition) is 3. The van der Waals surface area contributed by atoms with Crippen molar-refractivity contribution in [1.29, 1.82) is 0 Å². The van der Waals surface area contributed by atoms with Gasteiger partial charge in [0.25, 0.3) is 0 Å². The lowest BCUT2D eigenvalue weighted by Gasteiger charge is -2.33. The van der Waals surface area contributed by atoms with Crippen LogP contribution in [0.5, 0.6) is 0 Å². The summed E-state index contributed by atoms with van der Waals surface area (Å²) in [6.07, 6.45) is 5.61. The molecule has 0 aromatic rings. The third-order valence-corrected chi connectivity index (χ3v) is 8.48. The van der Waals surface area contributed by atoms with Crippen molar-refractivity contribution < 1.29 is 14.3 Å². The Hall–Kier alpha value is -0.526. The van der Waals surface area contributed by atoms with Crippen LogP contribution >= 0.6 is 0 Å². The highest BCUT2D eigenvalue weighted by atomic mass is 28.4. The second-order valence-electron chi connectivity index (χ2n) is 4.84. The highest BCUT2D eigenvalue weighted by molar-refractivity contribution is 6.85. The molecule has 0 rings (SSSR count). The normalized spacial score (nSPS) is 17.3. The Kier molecular flexibility index (Phi) is 5.93. The van der Waals surface area contributed by atoms with Crippen molar-refractivity contribution in [1.82, 2.24) is 0 Å². The fourth-order valence-electron chi connectivity index (χ4n) is 1.51. The van der Waals surface area contributed by atoms with Gasteiger partial charge in [-0.2, -0.15) is 0 Å². The quantitative estimate of drug-likeness (QED) is 0.556. The summed E-state index contributed by atoms with van der Waals surface area (Å²) in [7, 11) is -3.42. The summed E-state index contributed by atoms with van der Waals surface area (Å²) in [5.41, 5.74) is 0. The van der Waals surface area contributed by atoms with E-state index >= 15 is 0 Å². The van der Waals surface area contributed by atoms with Crippen LogP contribution in [0, 0.1) is 0 Å². The maximum atomic E-state index is 8.68. The monoisotopic (exact) mass is 246 g/mol. The smallest absolute Gasteiger partial charge is 0.184 e. The molecule has 0 spiro atoms. The van der Waals surface area contributed by atoms with E-state index in [1.54, 1.807) is 12.2 Å². The molecule has 0 aliphatic rings. The SMILES string of the molecule is C[Si](C)(C)O[Si](C)(CC=CO)CC=CO. The zero-order valence-electron chi connectivity index (χ0n) is 10.0. The van der Waals surface area contributed by atoms with Crippen molar-refractivity contribution in [2.75, 3.05) is 0 Å². The number of aliphatic hydroxyl groups excluding tert-OH is 2. The number of hydrogen-bond donors (Lipinski definition) is 2. The van der Waals surface area contributed by atoms with E-state index in [1.807, 2.05) is 0 Å². The lowest BCUT2D eigenvalue weighted by molar-refractivity contribution is 0.470. The molecule has 88 valence electrons. The summed E-state index contributed by atoms with van der Waals surface area (Å²) in [6.45, 7) is 8.60. The molecule has 2 N–H and O–H groups in total. The molecule has 0 saturated carbocycles. The van der Waals surface area contributed by atoms with Crippen molar-refractivity contribution >= 4 is 16.6 Å². The number of aliphatic hydroxyl groups is 2. The fourth-order valence-corrected chi connectivity index (χ4v) is 9.46. The summed E-state index contributed by atoms with van der Waals surface area (Å²) >= 11 is 0. The molecule has 3 nitrogen and oxygen atoms in total. The van der Waals surface area contributed by atoms with Gasteiger partial charge in [0.05, 0.1) is 12.5 Å². The van der Waals surface area contributed by atoms with Gasteiger partial charge in [0.2, 0.25) is 0 Å². The van der Waals surface area contributed by atoms with Gasteiger partial charge < -0.3 is 14.3 Å². The van der Waals surface area contributed by atoms with Gasteiger partial charge in [-0.3, -0.25) is 0 Å². The molecule has 0 heterocycles. The molecule has 15 heavy (non-hydrogen) atoms. The molecular formula is C10H22O3Si2. The molecule has 5 heteroatoms. The summed E-state index contributed by atoms with van der Waals surface area (Å²) < 4.78 is 6.18. The van der Waals surface area contributed by atoms with E-state index in [2.05, 4.69) is 26.2 Å². The van der Waals surface area contributed by atoms with E-state index in [9.17, 15) is 0 Å². The van der Waals surface area contributed by atoms with Crippen molar-refractivity contribution in [3.05, 3.63) is 24.7 Å². The van der Waals surface area contributed by atoms with Gasteiger partial charge in [0.1, 0.15) is 0 Å². The third kappa shape index (κ3) is 7.41. The second-order valence-corrected chi connectivity index (χ2v) is 13.6. The molecule has 0 unspecified atom stereocenters. The minimum absolute atomic E-state index is 0.776. The molecule has 0 aromatic carbocycles. The van der Waals surface area contributed by atoms with E-state index in [0.29, 0.717) is 0 Å². The summed E-state index contributed by atoms with van der Waals surface area (Å²) in [5, 5.41) is 17.4. The van der Waals surface area contributed by atoms with Crippen LogP contribution in [0.15, 0.2) is 24.7 Å². The molecule has 0 fully saturated rings. The van der Waals surface area contributed by atoms with Crippen LogP contribution < -0.4 is 0 Å². The van der Waals surface area contributed by atoms with Gasteiger partial charge >= 0.3 is 0 Å². The first-order chi connectivity index (χ1) is 6.83. The molecular weight excluding hydrogens is 224 g/mol. The van der Waals surface area contributed by atoms with Crippen LogP contribution in [0.2, 0.25) is 38.3 Å². The first-order valence-corrected chi connectivity index (χ1v) is 11.3. The van der Waals surface area contributed by atoms with Gasteiger partial charge in [-0.1, -0.05) is 12.2 Å². The molecule has 0 aliphatic heterocycles. The van der Waals surface area contributed by atoms with Crippen molar-refractivity contribution in [2.24, 2.45) is 0 Å². The van der Waals surface area contributed by atoms with Crippen molar-refractivity contribution in [3.63, 3.8) is 0 Å². The second kappa shape index (κ2) is 6.14. The molecule has 0 bridgehead atoms. The summed E-state index contributed by atoms with van der Waals surface area (Å²) in [4.78, 5) is 0. The Bertz CT molecular complexity index is 217. The first-order valence-electron chi connectivity index (χ1n) is 5.11. The summed E-state index contributed by atoms with van der Waals surface area (Å²) in [6, 6.07) is 1.55. The molecule has 0 aliphatic carbocycles. The van der Waals surface area contributed by atoms with Crippen LogP contribution in [0.1, 0.15) is 0 Å². The van der Waals surface area contributed by atoms with E-state index < -0.39 is 16.6 Å². The Labute approximate surface area is 94.4 Å². The van der Waals surface area contributed by atoms with Crippen LogP contribution in [0.3, 0.4) is 0 Å². The minimum Gasteiger partial charge on any atom is -0.516 e. The van der Waals surface area contributed by atoms with E-state index in [4.69, 9.17) is 14.3 Å². The van der Waals surface area contributed by atoms with Crippen LogP contribution in [-0.2, 0) is 4.12 Å². The Morgan fingerprint density at radius 2 is 1.33 bits per heavy atom. The van der Waals surface area contributed by atoms with E-state index in [-0.39, 0.29) is 0 Å². The maximum Gasteiger partial charge on any atom is 0.184 e. The third-order valence-electron chi connectivity index (χ3n) is 1.86. The molecule has 0 saturated heterocycles. The highest BCUT2D eigenvalue weighted by Crippen LogP contribution is 2.23.